The van der Waals surface area contributed by atoms with Gasteiger partial charge in [-0.05, 0) is 44.7 Å². The lowest BCUT2D eigenvalue weighted by Crippen LogP contribution is -2.40. The van der Waals surface area contributed by atoms with Crippen molar-refractivity contribution >= 4 is 11.9 Å². The molecule has 0 aliphatic carbocycles. The number of aryl methyl sites for hydroxylation is 2. The summed E-state index contributed by atoms with van der Waals surface area (Å²) in [4.78, 5) is 40.4. The van der Waals surface area contributed by atoms with E-state index in [9.17, 15) is 19.5 Å². The van der Waals surface area contributed by atoms with E-state index >= 15 is 0 Å². The minimum atomic E-state index is -0.852. The van der Waals surface area contributed by atoms with Gasteiger partial charge in [-0.1, -0.05) is 0 Å². The van der Waals surface area contributed by atoms with Crippen LogP contribution in [0.4, 0.5) is 0 Å². The molecule has 2 aliphatic rings. The van der Waals surface area contributed by atoms with Crippen molar-refractivity contribution in [3.8, 4) is 0 Å². The van der Waals surface area contributed by atoms with E-state index in [4.69, 9.17) is 0 Å². The van der Waals surface area contributed by atoms with Gasteiger partial charge in [-0.15, -0.1) is 0 Å². The molecular formula is C15H18N2O4. The smallest absolute Gasteiger partial charge is 0.308 e. The largest absolute Gasteiger partial charge is 0.481 e. The van der Waals surface area contributed by atoms with Crippen molar-refractivity contribution in [1.29, 1.82) is 0 Å². The number of fused-ring (bicyclic) bond motifs is 2. The van der Waals surface area contributed by atoms with E-state index in [1.807, 2.05) is 0 Å². The third kappa shape index (κ3) is 2.05. The fraction of sp³-hybridized carbons (Fsp3) is 0.533. The molecule has 6 nitrogen and oxygen atoms in total. The van der Waals surface area contributed by atoms with Gasteiger partial charge in [0.05, 0.1) is 5.92 Å². The number of carboxylic acid groups (broad SMARTS) is 1. The predicted octanol–water partition coefficient (Wildman–Crippen LogP) is 1.07. The Bertz CT molecular complexity index is 679. The number of aliphatic carboxylic acids is 1. The van der Waals surface area contributed by atoms with E-state index in [1.165, 1.54) is 0 Å². The molecule has 2 saturated heterocycles. The van der Waals surface area contributed by atoms with E-state index in [-0.39, 0.29) is 23.6 Å². The molecule has 2 bridgehead atoms. The van der Waals surface area contributed by atoms with Crippen LogP contribution in [0.1, 0.15) is 40.9 Å². The van der Waals surface area contributed by atoms with Gasteiger partial charge in [-0.25, -0.2) is 0 Å². The molecule has 2 aliphatic heterocycles. The summed E-state index contributed by atoms with van der Waals surface area (Å²) in [7, 11) is 0. The first kappa shape index (κ1) is 13.9. The van der Waals surface area contributed by atoms with Gasteiger partial charge in [-0.3, -0.25) is 14.4 Å². The average Bonchev–Trinajstić information content (AvgIpc) is 2.94. The second-order valence-corrected chi connectivity index (χ2v) is 6.03. The van der Waals surface area contributed by atoms with E-state index < -0.39 is 17.4 Å². The maximum absolute atomic E-state index is 12.7. The second-order valence-electron chi connectivity index (χ2n) is 6.03. The molecular weight excluding hydrogens is 272 g/mol. The third-order valence-corrected chi connectivity index (χ3v) is 4.67. The number of rotatable bonds is 2. The molecule has 1 amide bonds. The molecule has 3 rings (SSSR count). The van der Waals surface area contributed by atoms with Crippen LogP contribution in [-0.2, 0) is 4.79 Å². The molecule has 21 heavy (non-hydrogen) atoms. The molecule has 0 saturated carbocycles. The molecule has 3 atom stereocenters. The van der Waals surface area contributed by atoms with Crippen LogP contribution in [0.15, 0.2) is 10.9 Å². The van der Waals surface area contributed by atoms with E-state index in [0.717, 1.165) is 6.42 Å². The molecule has 0 radical (unpaired) electrons. The summed E-state index contributed by atoms with van der Waals surface area (Å²) >= 11 is 0. The summed E-state index contributed by atoms with van der Waals surface area (Å²) in [6, 6.07) is 1.44. The van der Waals surface area contributed by atoms with Crippen molar-refractivity contribution < 1.29 is 14.7 Å². The highest BCUT2D eigenvalue weighted by molar-refractivity contribution is 5.96. The lowest BCUT2D eigenvalue weighted by Gasteiger charge is -2.23. The van der Waals surface area contributed by atoms with E-state index in [1.54, 1.807) is 24.8 Å². The van der Waals surface area contributed by atoms with Crippen molar-refractivity contribution in [2.45, 2.75) is 45.2 Å². The standard InChI is InChI=1S/C15H18N2O4/c1-7-5-8(2)16-13(18)12(7)14(19)17-9-3-4-11(17)10(6-9)15(20)21/h5,9-11H,3-4,6H2,1-2H3,(H,16,18)(H,20,21). The molecule has 0 spiro atoms. The number of hydrogen-bond donors (Lipinski definition) is 2. The highest BCUT2D eigenvalue weighted by Crippen LogP contribution is 2.42. The molecule has 3 unspecified atom stereocenters. The number of carboxylic acids is 1. The van der Waals surface area contributed by atoms with Crippen LogP contribution in [0.2, 0.25) is 0 Å². The number of aromatic amines is 1. The number of nitrogens with zero attached hydrogens (tertiary/aromatic N) is 1. The minimum Gasteiger partial charge on any atom is -0.481 e. The Hall–Kier alpha value is -2.11. The molecule has 6 heteroatoms. The first-order chi connectivity index (χ1) is 9.90. The Morgan fingerprint density at radius 2 is 2.05 bits per heavy atom. The van der Waals surface area contributed by atoms with Crippen LogP contribution in [0.5, 0.6) is 0 Å². The summed E-state index contributed by atoms with van der Waals surface area (Å²) in [6.07, 6.45) is 2.02. The fourth-order valence-corrected chi connectivity index (χ4v) is 3.82. The average molecular weight is 290 g/mol. The summed E-state index contributed by atoms with van der Waals surface area (Å²) in [5.41, 5.74) is 1.10. The van der Waals surface area contributed by atoms with E-state index in [0.29, 0.717) is 24.1 Å². The van der Waals surface area contributed by atoms with Gasteiger partial charge >= 0.3 is 5.97 Å². The van der Waals surface area contributed by atoms with Crippen LogP contribution in [0.25, 0.3) is 0 Å². The third-order valence-electron chi connectivity index (χ3n) is 4.67. The lowest BCUT2D eigenvalue weighted by molar-refractivity contribution is -0.142. The molecule has 2 fully saturated rings. The maximum atomic E-state index is 12.7. The van der Waals surface area contributed by atoms with Crippen molar-refractivity contribution in [3.63, 3.8) is 0 Å². The van der Waals surface area contributed by atoms with Gasteiger partial charge in [0.2, 0.25) is 0 Å². The zero-order chi connectivity index (χ0) is 15.3. The number of H-pyrrole nitrogens is 1. The van der Waals surface area contributed by atoms with Crippen molar-refractivity contribution in [3.05, 3.63) is 33.2 Å². The summed E-state index contributed by atoms with van der Waals surface area (Å²) in [6.45, 7) is 3.50. The molecule has 1 aromatic heterocycles. The SMILES string of the molecule is Cc1cc(C)c(C(=O)N2C3CCC2C(C(=O)O)C3)c(=O)[nH]1. The van der Waals surface area contributed by atoms with Crippen LogP contribution in [0, 0.1) is 19.8 Å². The van der Waals surface area contributed by atoms with Gasteiger partial charge in [-0.2, -0.15) is 0 Å². The number of nitrogens with one attached hydrogen (secondary N) is 1. The normalized spacial score (nSPS) is 27.1. The summed E-state index contributed by atoms with van der Waals surface area (Å²) < 4.78 is 0. The van der Waals surface area contributed by atoms with Crippen LogP contribution in [-0.4, -0.2) is 39.0 Å². The van der Waals surface area contributed by atoms with Gasteiger partial charge in [0.15, 0.2) is 0 Å². The Morgan fingerprint density at radius 1 is 1.33 bits per heavy atom. The molecule has 1 aromatic rings. The Labute approximate surface area is 121 Å². The Balaban J connectivity index is 1.98. The van der Waals surface area contributed by atoms with Gasteiger partial charge in [0.1, 0.15) is 5.56 Å². The first-order valence-corrected chi connectivity index (χ1v) is 7.16. The summed E-state index contributed by atoms with van der Waals surface area (Å²) in [5.74, 6) is -1.68. The van der Waals surface area contributed by atoms with Crippen molar-refractivity contribution in [1.82, 2.24) is 9.88 Å². The highest BCUT2D eigenvalue weighted by Gasteiger charge is 2.51. The molecule has 112 valence electrons. The number of carbonyl (C=O) groups excluding carboxylic acids is 1. The second kappa shape index (κ2) is 4.72. The van der Waals surface area contributed by atoms with Gasteiger partial charge in [0.25, 0.3) is 11.5 Å². The molecule has 2 N–H and O–H groups in total. The highest BCUT2D eigenvalue weighted by atomic mass is 16.4. The number of pyridine rings is 1. The quantitative estimate of drug-likeness (QED) is 0.852. The van der Waals surface area contributed by atoms with Crippen LogP contribution in [0.3, 0.4) is 0 Å². The Morgan fingerprint density at radius 3 is 2.62 bits per heavy atom. The topological polar surface area (TPSA) is 90.5 Å². The molecule has 3 heterocycles. The monoisotopic (exact) mass is 290 g/mol. The number of hydrogen-bond acceptors (Lipinski definition) is 3. The molecule has 0 aromatic carbocycles. The summed E-state index contributed by atoms with van der Waals surface area (Å²) in [5, 5.41) is 9.25. The first-order valence-electron chi connectivity index (χ1n) is 7.16. The van der Waals surface area contributed by atoms with Crippen molar-refractivity contribution in [2.24, 2.45) is 5.92 Å². The van der Waals surface area contributed by atoms with E-state index in [2.05, 4.69) is 4.98 Å². The lowest BCUT2D eigenvalue weighted by atomic mass is 9.89. The number of amides is 1. The van der Waals surface area contributed by atoms with Crippen LogP contribution < -0.4 is 5.56 Å². The minimum absolute atomic E-state index is 0.0521. The van der Waals surface area contributed by atoms with Crippen LogP contribution >= 0.6 is 0 Å². The zero-order valence-electron chi connectivity index (χ0n) is 12.0. The Kier molecular flexibility index (Phi) is 3.11. The zero-order valence-corrected chi connectivity index (χ0v) is 12.0. The predicted molar refractivity (Wildman–Crippen MR) is 75.3 cm³/mol. The van der Waals surface area contributed by atoms with Gasteiger partial charge in [0, 0.05) is 17.8 Å². The van der Waals surface area contributed by atoms with Gasteiger partial charge < -0.3 is 15.0 Å². The van der Waals surface area contributed by atoms with Crippen molar-refractivity contribution in [2.75, 3.05) is 0 Å². The maximum Gasteiger partial charge on any atom is 0.308 e. The number of aromatic nitrogens is 1. The number of carbonyl (C=O) groups is 2. The fourth-order valence-electron chi connectivity index (χ4n) is 3.82.